The van der Waals surface area contributed by atoms with Gasteiger partial charge in [-0.1, -0.05) is 53.9 Å². The molecule has 1 aliphatic heterocycles. The third kappa shape index (κ3) is 7.43. The zero-order valence-corrected chi connectivity index (χ0v) is 23.1. The van der Waals surface area contributed by atoms with Crippen molar-refractivity contribution in [2.24, 2.45) is 28.9 Å². The fraction of sp³-hybridized carbons (Fsp3) is 0.808. The maximum Gasteiger partial charge on any atom is 0.315 e. The number of likely N-dealkylation sites (tertiary alicyclic amines) is 1. The molecule has 0 spiro atoms. The molecule has 1 saturated carbocycles. The molecule has 5 N–H and O–H groups in total. The van der Waals surface area contributed by atoms with Crippen LogP contribution in [0.3, 0.4) is 0 Å². The second kappa shape index (κ2) is 11.2. The number of nitrogens with two attached hydrogens (primary N) is 1. The molecule has 1 aliphatic carbocycles. The van der Waals surface area contributed by atoms with Crippen LogP contribution in [0.25, 0.3) is 0 Å². The van der Waals surface area contributed by atoms with Crippen LogP contribution in [0.15, 0.2) is 0 Å². The van der Waals surface area contributed by atoms with Crippen molar-refractivity contribution in [3.8, 4) is 0 Å². The van der Waals surface area contributed by atoms with E-state index in [1.54, 1.807) is 0 Å². The monoisotopic (exact) mass is 507 g/mol. The zero-order valence-electron chi connectivity index (χ0n) is 23.1. The minimum atomic E-state index is -1.08. The van der Waals surface area contributed by atoms with Crippen molar-refractivity contribution in [1.29, 1.82) is 0 Å². The molecule has 0 aromatic carbocycles. The molecule has 2 fully saturated rings. The molecule has 1 heterocycles. The summed E-state index contributed by atoms with van der Waals surface area (Å²) in [5.74, 6) is -2.66. The van der Waals surface area contributed by atoms with Crippen LogP contribution in [-0.4, -0.2) is 64.6 Å². The fourth-order valence-corrected chi connectivity index (χ4v) is 4.84. The number of rotatable bonds is 8. The number of amides is 5. The van der Waals surface area contributed by atoms with E-state index in [1.165, 1.54) is 4.90 Å². The van der Waals surface area contributed by atoms with Crippen LogP contribution >= 0.6 is 0 Å². The highest BCUT2D eigenvalue weighted by Gasteiger charge is 2.48. The molecule has 10 nitrogen and oxygen atoms in total. The maximum absolute atomic E-state index is 13.8. The zero-order chi connectivity index (χ0) is 27.6. The first kappa shape index (κ1) is 29.6. The van der Waals surface area contributed by atoms with Crippen LogP contribution < -0.4 is 21.7 Å². The molecule has 5 atom stereocenters. The molecule has 204 valence electrons. The summed E-state index contributed by atoms with van der Waals surface area (Å²) >= 11 is 0. The lowest BCUT2D eigenvalue weighted by Gasteiger charge is -2.37. The Morgan fingerprint density at radius 1 is 0.972 bits per heavy atom. The van der Waals surface area contributed by atoms with E-state index in [4.69, 9.17) is 5.73 Å². The summed E-state index contributed by atoms with van der Waals surface area (Å²) in [6, 6.07) is -3.20. The largest absolute Gasteiger partial charge is 0.363 e. The van der Waals surface area contributed by atoms with Gasteiger partial charge in [-0.3, -0.25) is 19.2 Å². The van der Waals surface area contributed by atoms with Crippen LogP contribution in [0, 0.1) is 23.2 Å². The van der Waals surface area contributed by atoms with Gasteiger partial charge in [-0.15, -0.1) is 0 Å². The Balaban J connectivity index is 2.27. The number of ketones is 1. The minimum Gasteiger partial charge on any atom is -0.363 e. The molecule has 0 bridgehead atoms. The molecule has 5 amide bonds. The highest BCUT2D eigenvalue weighted by Crippen LogP contribution is 2.34. The van der Waals surface area contributed by atoms with E-state index in [0.29, 0.717) is 13.0 Å². The number of hydrogen-bond acceptors (Lipinski definition) is 5. The minimum absolute atomic E-state index is 0.0191. The summed E-state index contributed by atoms with van der Waals surface area (Å²) in [5, 5.41) is 8.36. The Morgan fingerprint density at radius 3 is 2.00 bits per heavy atom. The summed E-state index contributed by atoms with van der Waals surface area (Å²) in [6.07, 6.45) is 3.29. The van der Waals surface area contributed by atoms with Gasteiger partial charge in [-0.2, -0.15) is 0 Å². The van der Waals surface area contributed by atoms with Gasteiger partial charge < -0.3 is 26.6 Å². The standard InChI is InChI=1S/C26H45N5O5/c1-14-13-31(23(35)20(25(3,4)5)29-24(36)30-26(6,7)8)18(15(14)2)22(34)28-17(19(32)21(27)33)12-16-10-9-11-16/h14-18,20H,9-13H2,1-8H3,(H2,27,33)(H,28,34)(H2,29,30,36)/t14-,15-,17+,18-,20+/m0/s1. The van der Waals surface area contributed by atoms with Crippen molar-refractivity contribution < 1.29 is 24.0 Å². The van der Waals surface area contributed by atoms with Gasteiger partial charge in [0.15, 0.2) is 0 Å². The Hall–Kier alpha value is -2.65. The van der Waals surface area contributed by atoms with E-state index in [-0.39, 0.29) is 23.7 Å². The normalized spacial score (nSPS) is 24.3. The summed E-state index contributed by atoms with van der Waals surface area (Å²) in [5.41, 5.74) is 4.14. The van der Waals surface area contributed by atoms with Crippen LogP contribution in [0.2, 0.25) is 0 Å². The molecule has 0 unspecified atom stereocenters. The lowest BCUT2D eigenvalue weighted by Crippen LogP contribution is -2.61. The average Bonchev–Trinajstić information content (AvgIpc) is 2.99. The van der Waals surface area contributed by atoms with Crippen LogP contribution in [-0.2, 0) is 19.2 Å². The first-order valence-corrected chi connectivity index (χ1v) is 13.0. The third-order valence-corrected chi connectivity index (χ3v) is 7.31. The lowest BCUT2D eigenvalue weighted by atomic mass is 9.80. The van der Waals surface area contributed by atoms with Crippen molar-refractivity contribution in [3.63, 3.8) is 0 Å². The second-order valence-corrected chi connectivity index (χ2v) is 12.7. The molecule has 0 aromatic rings. The van der Waals surface area contributed by atoms with Gasteiger partial charge in [0, 0.05) is 12.1 Å². The van der Waals surface area contributed by atoms with Gasteiger partial charge in [0.25, 0.3) is 5.91 Å². The quantitative estimate of drug-likeness (QED) is 0.369. The van der Waals surface area contributed by atoms with E-state index in [9.17, 15) is 24.0 Å². The van der Waals surface area contributed by atoms with Gasteiger partial charge in [0.05, 0.1) is 6.04 Å². The molecule has 2 rings (SSSR count). The van der Waals surface area contributed by atoms with Crippen LogP contribution in [0.4, 0.5) is 4.79 Å². The second-order valence-electron chi connectivity index (χ2n) is 12.7. The third-order valence-electron chi connectivity index (χ3n) is 7.31. The number of carbonyl (C=O) groups excluding carboxylic acids is 5. The van der Waals surface area contributed by atoms with Crippen molar-refractivity contribution in [3.05, 3.63) is 0 Å². The maximum atomic E-state index is 13.8. The molecule has 36 heavy (non-hydrogen) atoms. The number of nitrogens with one attached hydrogen (secondary N) is 3. The molecule has 10 heteroatoms. The smallest absolute Gasteiger partial charge is 0.315 e. The van der Waals surface area contributed by atoms with Gasteiger partial charge in [0.2, 0.25) is 17.6 Å². The van der Waals surface area contributed by atoms with Crippen LogP contribution in [0.1, 0.15) is 81.1 Å². The number of Topliss-reactive ketones (excluding diaryl/α,β-unsaturated/α-hetero) is 1. The fourth-order valence-electron chi connectivity index (χ4n) is 4.84. The van der Waals surface area contributed by atoms with E-state index >= 15 is 0 Å². The van der Waals surface area contributed by atoms with E-state index in [0.717, 1.165) is 19.3 Å². The van der Waals surface area contributed by atoms with Gasteiger partial charge in [0.1, 0.15) is 12.1 Å². The van der Waals surface area contributed by atoms with Crippen molar-refractivity contribution in [1.82, 2.24) is 20.9 Å². The predicted molar refractivity (Wildman–Crippen MR) is 137 cm³/mol. The number of hydrogen-bond donors (Lipinski definition) is 4. The van der Waals surface area contributed by atoms with Gasteiger partial charge in [-0.05, 0) is 50.4 Å². The van der Waals surface area contributed by atoms with Gasteiger partial charge in [-0.25, -0.2) is 4.79 Å². The Morgan fingerprint density at radius 2 is 1.56 bits per heavy atom. The summed E-state index contributed by atoms with van der Waals surface area (Å²) in [6.45, 7) is 15.3. The molecule has 2 aliphatic rings. The van der Waals surface area contributed by atoms with Crippen molar-refractivity contribution >= 4 is 29.5 Å². The predicted octanol–water partition coefficient (Wildman–Crippen LogP) is 1.71. The van der Waals surface area contributed by atoms with Crippen molar-refractivity contribution in [2.45, 2.75) is 105 Å². The number of carbonyl (C=O) groups is 5. The Labute approximate surface area is 214 Å². The van der Waals surface area contributed by atoms with E-state index in [1.807, 2.05) is 55.4 Å². The van der Waals surface area contributed by atoms with Gasteiger partial charge >= 0.3 is 6.03 Å². The summed E-state index contributed by atoms with van der Waals surface area (Å²) in [4.78, 5) is 65.6. The summed E-state index contributed by atoms with van der Waals surface area (Å²) < 4.78 is 0. The molecule has 0 aromatic heterocycles. The Bertz CT molecular complexity index is 871. The van der Waals surface area contributed by atoms with Crippen LogP contribution in [0.5, 0.6) is 0 Å². The molecular weight excluding hydrogens is 462 g/mol. The average molecular weight is 508 g/mol. The SMILES string of the molecule is C[C@@H]1[C@@H](C(=O)N[C@H](CC2CCC2)C(=O)C(N)=O)N(C(=O)[C@@H](NC(=O)NC(C)(C)C)C(C)(C)C)C[C@@H]1C. The Kier molecular flexibility index (Phi) is 9.18. The van der Waals surface area contributed by atoms with E-state index < -0.39 is 52.7 Å². The highest BCUT2D eigenvalue weighted by atomic mass is 16.2. The number of urea groups is 1. The first-order chi connectivity index (χ1) is 16.4. The van der Waals surface area contributed by atoms with E-state index in [2.05, 4.69) is 16.0 Å². The van der Waals surface area contributed by atoms with Crippen molar-refractivity contribution in [2.75, 3.05) is 6.54 Å². The number of nitrogens with zero attached hydrogens (tertiary/aromatic N) is 1. The topological polar surface area (TPSA) is 151 Å². The molecular formula is C26H45N5O5. The first-order valence-electron chi connectivity index (χ1n) is 13.0. The molecule has 1 saturated heterocycles. The highest BCUT2D eigenvalue weighted by molar-refractivity contribution is 6.37. The molecule has 0 radical (unpaired) electrons. The summed E-state index contributed by atoms with van der Waals surface area (Å²) in [7, 11) is 0. The number of primary amides is 1. The lowest BCUT2D eigenvalue weighted by molar-refractivity contribution is -0.144.